The van der Waals surface area contributed by atoms with E-state index in [1.165, 1.54) is 0 Å². The topological polar surface area (TPSA) is 83.4 Å². The number of nitrogens with one attached hydrogen (secondary N) is 2. The Bertz CT molecular complexity index is 857. The lowest BCUT2D eigenvalue weighted by Gasteiger charge is -2.16. The van der Waals surface area contributed by atoms with E-state index in [-0.39, 0.29) is 41.5 Å². The van der Waals surface area contributed by atoms with Gasteiger partial charge in [0.2, 0.25) is 0 Å². The maximum atomic E-state index is 11.6. The zero-order valence-electron chi connectivity index (χ0n) is 14.6. The highest BCUT2D eigenvalue weighted by Gasteiger charge is 2.28. The van der Waals surface area contributed by atoms with Crippen molar-refractivity contribution < 1.29 is 8.42 Å². The van der Waals surface area contributed by atoms with Gasteiger partial charge >= 0.3 is 0 Å². The van der Waals surface area contributed by atoms with Gasteiger partial charge in [-0.2, -0.15) is 0 Å². The fourth-order valence-electron chi connectivity index (χ4n) is 2.86. The number of halogens is 1. The van der Waals surface area contributed by atoms with Crippen LogP contribution in [0, 0.1) is 0 Å². The SMILES string of the molecule is CN=C(NCc1cccc(-c2ccccn2)c1)NC1CCS(=O)(=O)C1.I. The van der Waals surface area contributed by atoms with Crippen LogP contribution in [-0.2, 0) is 16.4 Å². The fraction of sp³-hybridized carbons (Fsp3) is 0.333. The molecule has 1 aliphatic rings. The summed E-state index contributed by atoms with van der Waals surface area (Å²) in [5.41, 5.74) is 3.10. The van der Waals surface area contributed by atoms with Crippen molar-refractivity contribution in [1.82, 2.24) is 15.6 Å². The Morgan fingerprint density at radius 3 is 2.77 bits per heavy atom. The first-order valence-corrected chi connectivity index (χ1v) is 10.1. The second-order valence-electron chi connectivity index (χ2n) is 6.09. The molecule has 0 bridgehead atoms. The minimum absolute atomic E-state index is 0. The number of sulfone groups is 1. The summed E-state index contributed by atoms with van der Waals surface area (Å²) in [7, 11) is -1.22. The van der Waals surface area contributed by atoms with Gasteiger partial charge in [0.05, 0.1) is 17.2 Å². The summed E-state index contributed by atoms with van der Waals surface area (Å²) in [5.74, 6) is 1.03. The molecule has 26 heavy (non-hydrogen) atoms. The van der Waals surface area contributed by atoms with Crippen molar-refractivity contribution in [2.45, 2.75) is 19.0 Å². The molecule has 1 unspecified atom stereocenters. The molecule has 140 valence electrons. The van der Waals surface area contributed by atoms with Crippen molar-refractivity contribution in [3.05, 3.63) is 54.2 Å². The van der Waals surface area contributed by atoms with Crippen molar-refractivity contribution in [3.8, 4) is 11.3 Å². The zero-order chi connectivity index (χ0) is 17.7. The Morgan fingerprint density at radius 1 is 1.27 bits per heavy atom. The van der Waals surface area contributed by atoms with Crippen molar-refractivity contribution >= 4 is 39.8 Å². The van der Waals surface area contributed by atoms with Crippen LogP contribution < -0.4 is 10.6 Å². The normalized spacial score (nSPS) is 18.8. The molecular formula is C18H23IN4O2S. The molecule has 1 aromatic carbocycles. The Hall–Kier alpha value is -1.68. The monoisotopic (exact) mass is 486 g/mol. The number of aliphatic imine (C=N–C) groups is 1. The van der Waals surface area contributed by atoms with Gasteiger partial charge in [-0.3, -0.25) is 9.98 Å². The number of aromatic nitrogens is 1. The molecule has 0 amide bonds. The zero-order valence-corrected chi connectivity index (χ0v) is 17.7. The highest BCUT2D eigenvalue weighted by Crippen LogP contribution is 2.17. The minimum Gasteiger partial charge on any atom is -0.353 e. The Balaban J connectivity index is 0.00000243. The molecule has 1 saturated heterocycles. The third-order valence-electron chi connectivity index (χ3n) is 4.14. The van der Waals surface area contributed by atoms with E-state index in [1.807, 2.05) is 36.4 Å². The third-order valence-corrected chi connectivity index (χ3v) is 5.91. The van der Waals surface area contributed by atoms with Gasteiger partial charge < -0.3 is 10.6 Å². The maximum Gasteiger partial charge on any atom is 0.191 e. The lowest BCUT2D eigenvalue weighted by Crippen LogP contribution is -2.43. The van der Waals surface area contributed by atoms with Crippen LogP contribution in [0.2, 0.25) is 0 Å². The summed E-state index contributed by atoms with van der Waals surface area (Å²) in [6.45, 7) is 0.597. The second-order valence-corrected chi connectivity index (χ2v) is 8.31. The first kappa shape index (κ1) is 20.6. The van der Waals surface area contributed by atoms with Gasteiger partial charge in [-0.25, -0.2) is 8.42 Å². The van der Waals surface area contributed by atoms with E-state index in [2.05, 4.69) is 26.7 Å². The molecule has 2 N–H and O–H groups in total. The molecule has 2 aromatic rings. The molecule has 1 atom stereocenters. The van der Waals surface area contributed by atoms with Crippen LogP contribution in [0.4, 0.5) is 0 Å². The molecule has 2 heterocycles. The van der Waals surface area contributed by atoms with Crippen LogP contribution in [0.5, 0.6) is 0 Å². The van der Waals surface area contributed by atoms with Gasteiger partial charge in [0, 0.05) is 31.4 Å². The first-order valence-electron chi connectivity index (χ1n) is 8.24. The van der Waals surface area contributed by atoms with Gasteiger partial charge in [0.15, 0.2) is 15.8 Å². The molecule has 0 radical (unpaired) electrons. The van der Waals surface area contributed by atoms with Crippen LogP contribution in [0.25, 0.3) is 11.3 Å². The van der Waals surface area contributed by atoms with Crippen LogP contribution >= 0.6 is 24.0 Å². The molecule has 1 fully saturated rings. The van der Waals surface area contributed by atoms with Crippen LogP contribution in [-0.4, -0.2) is 44.0 Å². The van der Waals surface area contributed by atoms with Crippen molar-refractivity contribution in [1.29, 1.82) is 0 Å². The van der Waals surface area contributed by atoms with Gasteiger partial charge in [0.1, 0.15) is 0 Å². The number of rotatable bonds is 4. The summed E-state index contributed by atoms with van der Waals surface area (Å²) < 4.78 is 23.1. The van der Waals surface area contributed by atoms with Crippen LogP contribution in [0.3, 0.4) is 0 Å². The Morgan fingerprint density at radius 2 is 2.12 bits per heavy atom. The van der Waals surface area contributed by atoms with E-state index in [1.54, 1.807) is 13.2 Å². The predicted octanol–water partition coefficient (Wildman–Crippen LogP) is 2.22. The molecule has 0 spiro atoms. The predicted molar refractivity (Wildman–Crippen MR) is 115 cm³/mol. The van der Waals surface area contributed by atoms with Gasteiger partial charge in [-0.15, -0.1) is 24.0 Å². The molecule has 1 aliphatic heterocycles. The maximum absolute atomic E-state index is 11.6. The van der Waals surface area contributed by atoms with E-state index in [4.69, 9.17) is 0 Å². The lowest BCUT2D eigenvalue weighted by molar-refractivity contribution is 0.599. The summed E-state index contributed by atoms with van der Waals surface area (Å²) in [4.78, 5) is 8.55. The molecule has 0 saturated carbocycles. The molecule has 6 nitrogen and oxygen atoms in total. The number of pyridine rings is 1. The number of hydrogen-bond donors (Lipinski definition) is 2. The smallest absolute Gasteiger partial charge is 0.191 e. The molecule has 1 aromatic heterocycles. The number of nitrogens with zero attached hydrogens (tertiary/aromatic N) is 2. The van der Waals surface area contributed by atoms with E-state index < -0.39 is 9.84 Å². The Labute approximate surface area is 171 Å². The van der Waals surface area contributed by atoms with E-state index in [9.17, 15) is 8.42 Å². The van der Waals surface area contributed by atoms with Gasteiger partial charge in [-0.1, -0.05) is 24.3 Å². The van der Waals surface area contributed by atoms with Gasteiger partial charge in [0.25, 0.3) is 0 Å². The second kappa shape index (κ2) is 9.31. The first-order chi connectivity index (χ1) is 12.1. The molecule has 0 aliphatic carbocycles. The lowest BCUT2D eigenvalue weighted by atomic mass is 10.1. The van der Waals surface area contributed by atoms with E-state index >= 15 is 0 Å². The standard InChI is InChI=1S/C18H22N4O2S.HI/c1-19-18(22-16-8-10-25(23,24)13-16)21-12-14-5-4-6-15(11-14)17-7-2-3-9-20-17;/h2-7,9,11,16H,8,10,12-13H2,1H3,(H2,19,21,22);1H. The molecular weight excluding hydrogens is 463 g/mol. The summed E-state index contributed by atoms with van der Waals surface area (Å²) >= 11 is 0. The van der Waals surface area contributed by atoms with Crippen molar-refractivity contribution in [2.75, 3.05) is 18.6 Å². The molecule has 3 rings (SSSR count). The van der Waals surface area contributed by atoms with Crippen LogP contribution in [0.15, 0.2) is 53.7 Å². The number of guanidine groups is 1. The Kier molecular flexibility index (Phi) is 7.39. The van der Waals surface area contributed by atoms with E-state index in [0.29, 0.717) is 18.9 Å². The molecule has 8 heteroatoms. The average Bonchev–Trinajstić information content (AvgIpc) is 2.98. The summed E-state index contributed by atoms with van der Waals surface area (Å²) in [6, 6.07) is 13.9. The largest absolute Gasteiger partial charge is 0.353 e. The third kappa shape index (κ3) is 5.66. The van der Waals surface area contributed by atoms with Crippen LogP contribution in [0.1, 0.15) is 12.0 Å². The minimum atomic E-state index is -2.90. The highest BCUT2D eigenvalue weighted by molar-refractivity contribution is 14.0. The van der Waals surface area contributed by atoms with E-state index in [0.717, 1.165) is 16.8 Å². The number of hydrogen-bond acceptors (Lipinski definition) is 4. The fourth-order valence-corrected chi connectivity index (χ4v) is 4.53. The summed E-state index contributed by atoms with van der Waals surface area (Å²) in [5, 5.41) is 6.43. The van der Waals surface area contributed by atoms with Crippen molar-refractivity contribution in [3.63, 3.8) is 0 Å². The summed E-state index contributed by atoms with van der Waals surface area (Å²) in [6.07, 6.45) is 2.40. The highest BCUT2D eigenvalue weighted by atomic mass is 127. The van der Waals surface area contributed by atoms with Crippen molar-refractivity contribution in [2.24, 2.45) is 4.99 Å². The average molecular weight is 486 g/mol. The quantitative estimate of drug-likeness (QED) is 0.394. The van der Waals surface area contributed by atoms with Gasteiger partial charge in [-0.05, 0) is 30.2 Å². The number of benzene rings is 1.